The van der Waals surface area contributed by atoms with E-state index in [1.54, 1.807) is 0 Å². The summed E-state index contributed by atoms with van der Waals surface area (Å²) >= 11 is 3.37. The van der Waals surface area contributed by atoms with E-state index in [2.05, 4.69) is 21.2 Å². The summed E-state index contributed by atoms with van der Waals surface area (Å²) in [6.45, 7) is 0. The number of amides is 1. The van der Waals surface area contributed by atoms with Crippen molar-refractivity contribution in [2.75, 3.05) is 11.1 Å². The Kier molecular flexibility index (Phi) is 4.58. The number of hydrogen-bond donors (Lipinski definition) is 2. The standard InChI is InChI=1S/C15H15BrN2O/c16-12-4-2-6-14(10-12)18-15(19)8-7-11-3-1-5-13(17)9-11/h1-6,9-10H,7-8,17H2,(H,18,19). The minimum absolute atomic E-state index is 0.000486. The van der Waals surface area contributed by atoms with Gasteiger partial charge in [0.2, 0.25) is 5.91 Å². The number of carbonyl (C=O) groups excluding carboxylic acids is 1. The number of rotatable bonds is 4. The molecule has 0 aliphatic heterocycles. The molecule has 0 radical (unpaired) electrons. The van der Waals surface area contributed by atoms with Crippen molar-refractivity contribution in [2.24, 2.45) is 0 Å². The fourth-order valence-electron chi connectivity index (χ4n) is 1.80. The van der Waals surface area contributed by atoms with E-state index in [4.69, 9.17) is 5.73 Å². The number of anilines is 2. The van der Waals surface area contributed by atoms with E-state index in [0.717, 1.165) is 21.4 Å². The number of nitrogens with one attached hydrogen (secondary N) is 1. The highest BCUT2D eigenvalue weighted by atomic mass is 79.9. The van der Waals surface area contributed by atoms with Crippen molar-refractivity contribution in [3.05, 3.63) is 58.6 Å². The maximum absolute atomic E-state index is 11.8. The van der Waals surface area contributed by atoms with Crippen LogP contribution in [-0.4, -0.2) is 5.91 Å². The Morgan fingerprint density at radius 1 is 1.16 bits per heavy atom. The van der Waals surface area contributed by atoms with Crippen LogP contribution >= 0.6 is 15.9 Å². The van der Waals surface area contributed by atoms with Crippen LogP contribution in [-0.2, 0) is 11.2 Å². The van der Waals surface area contributed by atoms with Gasteiger partial charge in [-0.3, -0.25) is 4.79 Å². The Morgan fingerprint density at radius 3 is 2.68 bits per heavy atom. The van der Waals surface area contributed by atoms with Gasteiger partial charge in [0.05, 0.1) is 0 Å². The number of benzene rings is 2. The zero-order valence-corrected chi connectivity index (χ0v) is 12.0. The third-order valence-electron chi connectivity index (χ3n) is 2.70. The van der Waals surface area contributed by atoms with Gasteiger partial charge >= 0.3 is 0 Å². The van der Waals surface area contributed by atoms with Crippen LogP contribution in [0.4, 0.5) is 11.4 Å². The summed E-state index contributed by atoms with van der Waals surface area (Å²) in [5, 5.41) is 2.87. The molecule has 0 aliphatic carbocycles. The number of nitrogens with two attached hydrogens (primary N) is 1. The SMILES string of the molecule is Nc1cccc(CCC(=O)Nc2cccc(Br)c2)c1. The predicted octanol–water partition coefficient (Wildman–Crippen LogP) is 3.60. The van der Waals surface area contributed by atoms with Gasteiger partial charge in [-0.1, -0.05) is 34.1 Å². The Bertz CT molecular complexity index is 584. The van der Waals surface area contributed by atoms with Gasteiger partial charge in [0, 0.05) is 22.3 Å². The first kappa shape index (κ1) is 13.6. The summed E-state index contributed by atoms with van der Waals surface area (Å²) in [6.07, 6.45) is 1.13. The normalized spacial score (nSPS) is 10.2. The first-order chi connectivity index (χ1) is 9.13. The topological polar surface area (TPSA) is 55.1 Å². The first-order valence-electron chi connectivity index (χ1n) is 6.03. The molecule has 0 fully saturated rings. The van der Waals surface area contributed by atoms with Gasteiger partial charge in [0.25, 0.3) is 0 Å². The zero-order valence-electron chi connectivity index (χ0n) is 10.4. The summed E-state index contributed by atoms with van der Waals surface area (Å²) in [6, 6.07) is 15.2. The average Bonchev–Trinajstić information content (AvgIpc) is 2.36. The predicted molar refractivity (Wildman–Crippen MR) is 81.9 cm³/mol. The molecule has 2 aromatic carbocycles. The highest BCUT2D eigenvalue weighted by Gasteiger charge is 2.03. The van der Waals surface area contributed by atoms with Crippen molar-refractivity contribution in [3.8, 4) is 0 Å². The minimum Gasteiger partial charge on any atom is -0.399 e. The molecular formula is C15H15BrN2O. The second-order valence-corrected chi connectivity index (χ2v) is 5.22. The van der Waals surface area contributed by atoms with Crippen LogP contribution in [0.3, 0.4) is 0 Å². The number of halogens is 1. The van der Waals surface area contributed by atoms with Gasteiger partial charge < -0.3 is 11.1 Å². The van der Waals surface area contributed by atoms with Crippen LogP contribution in [0.2, 0.25) is 0 Å². The summed E-state index contributed by atoms with van der Waals surface area (Å²) in [7, 11) is 0. The van der Waals surface area contributed by atoms with E-state index in [0.29, 0.717) is 12.8 Å². The van der Waals surface area contributed by atoms with Gasteiger partial charge in [-0.25, -0.2) is 0 Å². The fourth-order valence-corrected chi connectivity index (χ4v) is 2.20. The van der Waals surface area contributed by atoms with E-state index in [1.165, 1.54) is 0 Å². The average molecular weight is 319 g/mol. The van der Waals surface area contributed by atoms with Crippen LogP contribution in [0.1, 0.15) is 12.0 Å². The lowest BCUT2D eigenvalue weighted by atomic mass is 10.1. The maximum Gasteiger partial charge on any atom is 0.224 e. The number of nitrogen functional groups attached to an aromatic ring is 1. The molecule has 0 saturated carbocycles. The van der Waals surface area contributed by atoms with E-state index >= 15 is 0 Å². The van der Waals surface area contributed by atoms with Crippen molar-refractivity contribution in [1.29, 1.82) is 0 Å². The van der Waals surface area contributed by atoms with E-state index in [1.807, 2.05) is 48.5 Å². The molecule has 2 rings (SSSR count). The van der Waals surface area contributed by atoms with Crippen molar-refractivity contribution in [1.82, 2.24) is 0 Å². The summed E-state index contributed by atoms with van der Waals surface area (Å²) < 4.78 is 0.945. The van der Waals surface area contributed by atoms with Crippen molar-refractivity contribution < 1.29 is 4.79 Å². The Labute approximate surface area is 121 Å². The highest BCUT2D eigenvalue weighted by Crippen LogP contribution is 2.16. The smallest absolute Gasteiger partial charge is 0.224 e. The van der Waals surface area contributed by atoms with Crippen LogP contribution in [0.25, 0.3) is 0 Å². The molecule has 98 valence electrons. The quantitative estimate of drug-likeness (QED) is 0.846. The lowest BCUT2D eigenvalue weighted by Gasteiger charge is -2.06. The van der Waals surface area contributed by atoms with E-state index in [9.17, 15) is 4.79 Å². The summed E-state index contributed by atoms with van der Waals surface area (Å²) in [5.41, 5.74) is 8.30. The summed E-state index contributed by atoms with van der Waals surface area (Å²) in [5.74, 6) is 0.000486. The van der Waals surface area contributed by atoms with Crippen LogP contribution in [0, 0.1) is 0 Å². The van der Waals surface area contributed by atoms with Crippen LogP contribution in [0.5, 0.6) is 0 Å². The molecule has 1 amide bonds. The lowest BCUT2D eigenvalue weighted by Crippen LogP contribution is -2.12. The molecule has 3 nitrogen and oxygen atoms in total. The molecule has 4 heteroatoms. The maximum atomic E-state index is 11.8. The molecule has 0 saturated heterocycles. The first-order valence-corrected chi connectivity index (χ1v) is 6.82. The van der Waals surface area contributed by atoms with Gasteiger partial charge in [-0.05, 0) is 42.3 Å². The van der Waals surface area contributed by atoms with Gasteiger partial charge in [-0.15, -0.1) is 0 Å². The van der Waals surface area contributed by atoms with Gasteiger partial charge in [0.1, 0.15) is 0 Å². The molecule has 19 heavy (non-hydrogen) atoms. The van der Waals surface area contributed by atoms with Crippen LogP contribution in [0.15, 0.2) is 53.0 Å². The van der Waals surface area contributed by atoms with E-state index in [-0.39, 0.29) is 5.91 Å². The molecule has 0 aliphatic rings. The van der Waals surface area contributed by atoms with Crippen molar-refractivity contribution >= 4 is 33.2 Å². The number of carbonyl (C=O) groups is 1. The molecule has 2 aromatic rings. The monoisotopic (exact) mass is 318 g/mol. The molecule has 0 aromatic heterocycles. The summed E-state index contributed by atoms with van der Waals surface area (Å²) in [4.78, 5) is 11.8. The second-order valence-electron chi connectivity index (χ2n) is 4.30. The highest BCUT2D eigenvalue weighted by molar-refractivity contribution is 9.10. The molecule has 3 N–H and O–H groups in total. The van der Waals surface area contributed by atoms with Crippen molar-refractivity contribution in [2.45, 2.75) is 12.8 Å². The fraction of sp³-hybridized carbons (Fsp3) is 0.133. The third-order valence-corrected chi connectivity index (χ3v) is 3.19. The Hall–Kier alpha value is -1.81. The van der Waals surface area contributed by atoms with E-state index < -0.39 is 0 Å². The molecule has 0 heterocycles. The third kappa shape index (κ3) is 4.41. The number of aryl methyl sites for hydroxylation is 1. The molecular weight excluding hydrogens is 304 g/mol. The number of hydrogen-bond acceptors (Lipinski definition) is 2. The largest absolute Gasteiger partial charge is 0.399 e. The molecule has 0 bridgehead atoms. The molecule has 0 unspecified atom stereocenters. The van der Waals surface area contributed by atoms with Gasteiger partial charge in [-0.2, -0.15) is 0 Å². The van der Waals surface area contributed by atoms with Crippen molar-refractivity contribution in [3.63, 3.8) is 0 Å². The minimum atomic E-state index is 0.000486. The Balaban J connectivity index is 1.88. The Morgan fingerprint density at radius 2 is 1.95 bits per heavy atom. The van der Waals surface area contributed by atoms with Crippen LogP contribution < -0.4 is 11.1 Å². The zero-order chi connectivity index (χ0) is 13.7. The second kappa shape index (κ2) is 6.38. The lowest BCUT2D eigenvalue weighted by molar-refractivity contribution is -0.116. The van der Waals surface area contributed by atoms with Gasteiger partial charge in [0.15, 0.2) is 0 Å². The molecule has 0 atom stereocenters. The molecule has 0 spiro atoms.